The maximum atomic E-state index is 13.1. The molecular weight excluding hydrogens is 743 g/mol. The molecule has 6 heterocycles. The number of aliphatic imine (C=N–C) groups is 1. The molecule has 0 spiro atoms. The van der Waals surface area contributed by atoms with Crippen LogP contribution in [0.15, 0.2) is 95.4 Å². The van der Waals surface area contributed by atoms with Gasteiger partial charge in [-0.2, -0.15) is 0 Å². The number of hydrogen-bond donors (Lipinski definition) is 3. The predicted octanol–water partition coefficient (Wildman–Crippen LogP) is 4.06. The third-order valence-electron chi connectivity index (χ3n) is 12.7. The lowest BCUT2D eigenvalue weighted by molar-refractivity contribution is -0.134. The van der Waals surface area contributed by atoms with Gasteiger partial charge in [0.2, 0.25) is 17.8 Å². The SMILES string of the molecule is CN(C)C(=O)C1=CC2=CNC(Nc3ccc(N4CCN(c5cccc(N6CCN(Cc7ccc(C8CCC(=O)NC8=O)cc7)CC6)c5)CC4)cn3)=NC2N1C1CCCC1. The third-order valence-corrected chi connectivity index (χ3v) is 12.7. The lowest BCUT2D eigenvalue weighted by atomic mass is 9.90. The monoisotopic (exact) mass is 797 g/mol. The van der Waals surface area contributed by atoms with Crippen LogP contribution in [-0.2, 0) is 20.9 Å². The number of guanidine groups is 1. The number of piperazine rings is 2. The molecule has 3 N–H and O–H groups in total. The number of nitrogens with zero attached hydrogens (tertiary/aromatic N) is 8. The van der Waals surface area contributed by atoms with E-state index in [4.69, 9.17) is 9.98 Å². The quantitative estimate of drug-likeness (QED) is 0.271. The third kappa shape index (κ3) is 8.36. The molecule has 9 rings (SSSR count). The van der Waals surface area contributed by atoms with Crippen molar-refractivity contribution in [1.29, 1.82) is 0 Å². The maximum absolute atomic E-state index is 13.1. The number of carbonyl (C=O) groups excluding carboxylic acids is 3. The highest BCUT2D eigenvalue weighted by molar-refractivity contribution is 6.01. The van der Waals surface area contributed by atoms with Gasteiger partial charge in [-0.1, -0.05) is 43.2 Å². The molecule has 308 valence electrons. The molecule has 6 aliphatic rings. The van der Waals surface area contributed by atoms with Crippen molar-refractivity contribution in [1.82, 2.24) is 30.3 Å². The van der Waals surface area contributed by atoms with Crippen LogP contribution < -0.4 is 30.7 Å². The standard InChI is InChI=1S/C45H55N11O3/c1-51(2)44(59)39-26-33-28-47-45(50-42(33)56(39)34-6-3-4-7-34)48-40-16-14-37(29-46-40)55-24-22-54(23-25-55)36-9-5-8-35(27-36)53-20-18-52(19-21-53)30-31-10-12-32(13-11-31)38-15-17-41(57)49-43(38)58/h5,8-14,16,26-29,34,38,42H,3-4,6-7,15,17-25,30H2,1-2H3,(H,49,57,58)(H2,46,47,48,50). The molecule has 14 nitrogen and oxygen atoms in total. The Bertz CT molecular complexity index is 2130. The zero-order valence-corrected chi connectivity index (χ0v) is 34.1. The molecule has 3 saturated heterocycles. The van der Waals surface area contributed by atoms with Gasteiger partial charge in [0.25, 0.3) is 5.91 Å². The number of aromatic nitrogens is 1. The fraction of sp³-hybridized carbons (Fsp3) is 0.444. The Kier molecular flexibility index (Phi) is 11.0. The summed E-state index contributed by atoms with van der Waals surface area (Å²) in [6.07, 6.45) is 11.1. The van der Waals surface area contributed by atoms with E-state index in [0.717, 1.165) is 100 Å². The average molecular weight is 798 g/mol. The van der Waals surface area contributed by atoms with Gasteiger partial charge in [-0.15, -0.1) is 0 Å². The summed E-state index contributed by atoms with van der Waals surface area (Å²) in [6, 6.07) is 21.8. The van der Waals surface area contributed by atoms with Gasteiger partial charge >= 0.3 is 0 Å². The van der Waals surface area contributed by atoms with E-state index in [1.54, 1.807) is 19.0 Å². The maximum Gasteiger partial charge on any atom is 0.269 e. The first-order valence-corrected chi connectivity index (χ1v) is 21.2. The Morgan fingerprint density at radius 1 is 0.831 bits per heavy atom. The number of pyridine rings is 1. The van der Waals surface area contributed by atoms with E-state index in [2.05, 4.69) is 82.9 Å². The number of piperidine rings is 1. The van der Waals surface area contributed by atoms with Crippen LogP contribution >= 0.6 is 0 Å². The molecule has 3 amide bonds. The molecule has 3 aromatic rings. The number of hydrogen-bond acceptors (Lipinski definition) is 12. The van der Waals surface area contributed by atoms with E-state index in [1.807, 2.05) is 36.7 Å². The van der Waals surface area contributed by atoms with E-state index in [9.17, 15) is 14.4 Å². The van der Waals surface area contributed by atoms with Crippen LogP contribution in [0.5, 0.6) is 0 Å². The minimum absolute atomic E-state index is 0.0147. The van der Waals surface area contributed by atoms with Gasteiger partial charge in [-0.25, -0.2) is 9.98 Å². The van der Waals surface area contributed by atoms with Gasteiger partial charge in [0.05, 0.1) is 17.8 Å². The number of fused-ring (bicyclic) bond motifs is 1. The van der Waals surface area contributed by atoms with Crippen LogP contribution in [0.25, 0.3) is 0 Å². The number of anilines is 4. The van der Waals surface area contributed by atoms with Gasteiger partial charge in [0, 0.05) is 109 Å². The fourth-order valence-corrected chi connectivity index (χ4v) is 9.38. The van der Waals surface area contributed by atoms with Crippen molar-refractivity contribution < 1.29 is 14.4 Å². The number of nitrogens with one attached hydrogen (secondary N) is 3. The lowest BCUT2D eigenvalue weighted by Crippen LogP contribution is -2.47. The minimum atomic E-state index is -0.243. The van der Waals surface area contributed by atoms with Gasteiger partial charge in [0.1, 0.15) is 11.5 Å². The van der Waals surface area contributed by atoms with Crippen molar-refractivity contribution in [2.45, 2.75) is 63.2 Å². The molecule has 4 fully saturated rings. The van der Waals surface area contributed by atoms with Gasteiger partial charge in [-0.3, -0.25) is 24.6 Å². The second-order valence-electron chi connectivity index (χ2n) is 16.7. The Hall–Kier alpha value is -5.89. The summed E-state index contributed by atoms with van der Waals surface area (Å²) in [5, 5.41) is 9.13. The van der Waals surface area contributed by atoms with Crippen molar-refractivity contribution in [2.75, 3.05) is 86.5 Å². The molecule has 2 aromatic carbocycles. The molecule has 59 heavy (non-hydrogen) atoms. The summed E-state index contributed by atoms with van der Waals surface area (Å²) in [7, 11) is 3.61. The first-order valence-electron chi connectivity index (χ1n) is 21.2. The highest BCUT2D eigenvalue weighted by atomic mass is 16.2. The van der Waals surface area contributed by atoms with Crippen LogP contribution in [0, 0.1) is 0 Å². The second-order valence-corrected chi connectivity index (χ2v) is 16.7. The fourth-order valence-electron chi connectivity index (χ4n) is 9.38. The molecule has 5 aliphatic heterocycles. The number of imide groups is 1. The molecule has 2 unspecified atom stereocenters. The molecule has 1 aromatic heterocycles. The van der Waals surface area contributed by atoms with Gasteiger partial charge in [0.15, 0.2) is 6.17 Å². The van der Waals surface area contributed by atoms with E-state index < -0.39 is 0 Å². The Labute approximate surface area is 346 Å². The zero-order valence-electron chi connectivity index (χ0n) is 34.1. The molecule has 14 heteroatoms. The van der Waals surface area contributed by atoms with Gasteiger partial charge in [-0.05, 0) is 66.8 Å². The van der Waals surface area contributed by atoms with Crippen molar-refractivity contribution in [2.24, 2.45) is 4.99 Å². The van der Waals surface area contributed by atoms with Crippen LogP contribution in [0.4, 0.5) is 22.9 Å². The first kappa shape index (κ1) is 38.6. The average Bonchev–Trinajstić information content (AvgIpc) is 3.93. The number of benzene rings is 2. The smallest absolute Gasteiger partial charge is 0.269 e. The normalized spacial score (nSPS) is 22.6. The molecule has 0 bridgehead atoms. The molecule has 2 atom stereocenters. The van der Waals surface area contributed by atoms with Crippen LogP contribution in [-0.4, -0.2) is 122 Å². The summed E-state index contributed by atoms with van der Waals surface area (Å²) >= 11 is 0. The number of amides is 3. The highest BCUT2D eigenvalue weighted by Crippen LogP contribution is 2.37. The predicted molar refractivity (Wildman–Crippen MR) is 231 cm³/mol. The van der Waals surface area contributed by atoms with Crippen molar-refractivity contribution >= 4 is 46.6 Å². The number of rotatable bonds is 9. The summed E-state index contributed by atoms with van der Waals surface area (Å²) in [6.45, 7) is 8.48. The van der Waals surface area contributed by atoms with E-state index in [-0.39, 0.29) is 29.8 Å². The van der Waals surface area contributed by atoms with Gasteiger partial charge < -0.3 is 35.1 Å². The van der Waals surface area contributed by atoms with E-state index in [0.29, 0.717) is 24.8 Å². The Balaban J connectivity index is 0.749. The van der Waals surface area contributed by atoms with Crippen LogP contribution in [0.3, 0.4) is 0 Å². The van der Waals surface area contributed by atoms with Crippen molar-refractivity contribution in [3.05, 3.63) is 102 Å². The highest BCUT2D eigenvalue weighted by Gasteiger charge is 2.41. The van der Waals surface area contributed by atoms with Crippen LogP contribution in [0.1, 0.15) is 55.6 Å². The number of likely N-dealkylation sites (N-methyl/N-ethyl adjacent to an activating group) is 1. The minimum Gasteiger partial charge on any atom is -0.369 e. The largest absolute Gasteiger partial charge is 0.369 e. The zero-order chi connectivity index (χ0) is 40.5. The topological polar surface area (TPSA) is 132 Å². The lowest BCUT2D eigenvalue weighted by Gasteiger charge is -2.39. The Morgan fingerprint density at radius 3 is 2.15 bits per heavy atom. The molecule has 0 radical (unpaired) electrons. The van der Waals surface area contributed by atoms with Crippen molar-refractivity contribution in [3.63, 3.8) is 0 Å². The second kappa shape index (κ2) is 16.8. The summed E-state index contributed by atoms with van der Waals surface area (Å²) in [5.41, 5.74) is 7.58. The first-order chi connectivity index (χ1) is 28.8. The van der Waals surface area contributed by atoms with Crippen LogP contribution in [0.2, 0.25) is 0 Å². The van der Waals surface area contributed by atoms with E-state index >= 15 is 0 Å². The molecule has 1 aliphatic carbocycles. The number of carbonyl (C=O) groups is 3. The van der Waals surface area contributed by atoms with Crippen molar-refractivity contribution in [3.8, 4) is 0 Å². The van der Waals surface area contributed by atoms with E-state index in [1.165, 1.54) is 29.8 Å². The molecular formula is C45H55N11O3. The summed E-state index contributed by atoms with van der Waals surface area (Å²) < 4.78 is 0. The summed E-state index contributed by atoms with van der Waals surface area (Å²) in [5.74, 6) is 0.755. The Morgan fingerprint density at radius 2 is 1.51 bits per heavy atom. The summed E-state index contributed by atoms with van der Waals surface area (Å²) in [4.78, 5) is 60.5. The molecule has 1 saturated carbocycles.